The Morgan fingerprint density at radius 1 is 1.15 bits per heavy atom. The van der Waals surface area contributed by atoms with Crippen LogP contribution in [0.5, 0.6) is 0 Å². The van der Waals surface area contributed by atoms with Crippen molar-refractivity contribution >= 4 is 28.3 Å². The Labute approximate surface area is 127 Å². The number of hydrogen-bond donors (Lipinski definition) is 1. The highest BCUT2D eigenvalue weighted by Gasteiger charge is 2.32. The van der Waals surface area contributed by atoms with E-state index in [4.69, 9.17) is 5.73 Å². The lowest BCUT2D eigenvalue weighted by Crippen LogP contribution is -2.52. The van der Waals surface area contributed by atoms with Gasteiger partial charge in [0.05, 0.1) is 6.26 Å². The number of sulfonamides is 1. The first-order chi connectivity index (χ1) is 8.88. The summed E-state index contributed by atoms with van der Waals surface area (Å²) in [5.74, 6) is 0.192. The van der Waals surface area contributed by atoms with Gasteiger partial charge in [0.1, 0.15) is 0 Å². The minimum Gasteiger partial charge on any atom is -0.340 e. The van der Waals surface area contributed by atoms with Crippen molar-refractivity contribution in [2.24, 2.45) is 11.7 Å². The van der Waals surface area contributed by atoms with E-state index in [2.05, 4.69) is 0 Å². The van der Waals surface area contributed by atoms with E-state index in [0.717, 1.165) is 25.7 Å². The lowest BCUT2D eigenvalue weighted by atomic mass is 9.85. The Balaban J connectivity index is 0.00000200. The maximum Gasteiger partial charge on any atom is 0.225 e. The molecule has 0 aromatic heterocycles. The number of rotatable bonds is 2. The number of carbonyl (C=O) groups is 1. The normalized spacial score (nSPS) is 28.8. The van der Waals surface area contributed by atoms with E-state index in [0.29, 0.717) is 26.2 Å². The third-order valence-corrected chi connectivity index (χ3v) is 5.39. The fraction of sp³-hybridized carbons (Fsp3) is 0.917. The molecule has 2 N–H and O–H groups in total. The molecule has 1 heterocycles. The first kappa shape index (κ1) is 17.7. The van der Waals surface area contributed by atoms with Gasteiger partial charge in [-0.2, -0.15) is 4.31 Å². The largest absolute Gasteiger partial charge is 0.340 e. The van der Waals surface area contributed by atoms with Crippen LogP contribution in [0.2, 0.25) is 0 Å². The van der Waals surface area contributed by atoms with Crippen LogP contribution >= 0.6 is 12.4 Å². The van der Waals surface area contributed by atoms with Crippen LogP contribution in [0.15, 0.2) is 0 Å². The molecule has 2 fully saturated rings. The van der Waals surface area contributed by atoms with Crippen LogP contribution in [-0.4, -0.2) is 62.0 Å². The van der Waals surface area contributed by atoms with Crippen LogP contribution in [0.1, 0.15) is 25.7 Å². The summed E-state index contributed by atoms with van der Waals surface area (Å²) in [7, 11) is -3.13. The van der Waals surface area contributed by atoms with Gasteiger partial charge >= 0.3 is 0 Å². The molecule has 2 rings (SSSR count). The molecule has 8 heteroatoms. The molecular weight excluding hydrogens is 302 g/mol. The molecule has 1 amide bonds. The van der Waals surface area contributed by atoms with E-state index in [-0.39, 0.29) is 30.3 Å². The van der Waals surface area contributed by atoms with Gasteiger partial charge in [0.25, 0.3) is 0 Å². The fourth-order valence-corrected chi connectivity index (χ4v) is 3.78. The van der Waals surface area contributed by atoms with E-state index < -0.39 is 10.0 Å². The molecule has 2 unspecified atom stereocenters. The van der Waals surface area contributed by atoms with Crippen LogP contribution in [0.25, 0.3) is 0 Å². The topological polar surface area (TPSA) is 83.7 Å². The van der Waals surface area contributed by atoms with E-state index >= 15 is 0 Å². The van der Waals surface area contributed by atoms with E-state index in [1.165, 1.54) is 10.6 Å². The van der Waals surface area contributed by atoms with Gasteiger partial charge in [0.2, 0.25) is 15.9 Å². The second-order valence-electron chi connectivity index (χ2n) is 5.61. The summed E-state index contributed by atoms with van der Waals surface area (Å²) >= 11 is 0. The molecule has 0 spiro atoms. The average molecular weight is 326 g/mol. The number of halogens is 1. The summed E-state index contributed by atoms with van der Waals surface area (Å²) in [6, 6.07) is 0.139. The molecule has 0 bridgehead atoms. The van der Waals surface area contributed by atoms with Crippen molar-refractivity contribution in [2.75, 3.05) is 32.4 Å². The monoisotopic (exact) mass is 325 g/mol. The molecule has 1 saturated heterocycles. The van der Waals surface area contributed by atoms with Gasteiger partial charge in [-0.05, 0) is 19.3 Å². The minimum atomic E-state index is -3.13. The van der Waals surface area contributed by atoms with Gasteiger partial charge in [0.15, 0.2) is 0 Å². The quantitative estimate of drug-likeness (QED) is 0.776. The average Bonchev–Trinajstić information content (AvgIpc) is 2.37. The fourth-order valence-electron chi connectivity index (χ4n) is 2.95. The van der Waals surface area contributed by atoms with Crippen LogP contribution in [0.4, 0.5) is 0 Å². The number of nitrogens with zero attached hydrogens (tertiary/aromatic N) is 2. The van der Waals surface area contributed by atoms with Crippen molar-refractivity contribution in [3.05, 3.63) is 0 Å². The summed E-state index contributed by atoms with van der Waals surface area (Å²) in [6.45, 7) is 1.81. The molecule has 118 valence electrons. The molecule has 2 atom stereocenters. The third kappa shape index (κ3) is 4.31. The van der Waals surface area contributed by atoms with Crippen molar-refractivity contribution in [1.82, 2.24) is 9.21 Å². The maximum atomic E-state index is 12.4. The smallest absolute Gasteiger partial charge is 0.225 e. The summed E-state index contributed by atoms with van der Waals surface area (Å²) in [5.41, 5.74) is 5.91. The van der Waals surface area contributed by atoms with Crippen molar-refractivity contribution in [3.63, 3.8) is 0 Å². The molecule has 1 aliphatic heterocycles. The first-order valence-corrected chi connectivity index (χ1v) is 8.72. The Morgan fingerprint density at radius 3 is 2.25 bits per heavy atom. The highest BCUT2D eigenvalue weighted by molar-refractivity contribution is 7.88. The Hall–Kier alpha value is -0.370. The second kappa shape index (κ2) is 7.06. The second-order valence-corrected chi connectivity index (χ2v) is 7.59. The van der Waals surface area contributed by atoms with Crippen molar-refractivity contribution in [2.45, 2.75) is 31.7 Å². The van der Waals surface area contributed by atoms with Crippen LogP contribution in [0.3, 0.4) is 0 Å². The maximum absolute atomic E-state index is 12.4. The van der Waals surface area contributed by atoms with Gasteiger partial charge in [-0.1, -0.05) is 6.42 Å². The molecular formula is C12H24ClN3O3S. The lowest BCUT2D eigenvalue weighted by Gasteiger charge is -2.36. The highest BCUT2D eigenvalue weighted by atomic mass is 35.5. The van der Waals surface area contributed by atoms with Crippen molar-refractivity contribution in [3.8, 4) is 0 Å². The SMILES string of the molecule is CS(=O)(=O)N1CCN(C(=O)C2CCCC(N)C2)CC1.Cl. The van der Waals surface area contributed by atoms with Gasteiger partial charge in [-0.15, -0.1) is 12.4 Å². The highest BCUT2D eigenvalue weighted by Crippen LogP contribution is 2.25. The van der Waals surface area contributed by atoms with Crippen molar-refractivity contribution in [1.29, 1.82) is 0 Å². The zero-order chi connectivity index (χ0) is 14.0. The molecule has 1 aliphatic carbocycles. The molecule has 0 aromatic rings. The molecule has 20 heavy (non-hydrogen) atoms. The zero-order valence-electron chi connectivity index (χ0n) is 11.8. The van der Waals surface area contributed by atoms with E-state index in [1.54, 1.807) is 4.90 Å². The molecule has 2 aliphatic rings. The van der Waals surface area contributed by atoms with Gasteiger partial charge in [-0.25, -0.2) is 8.42 Å². The Bertz CT molecular complexity index is 435. The number of carbonyl (C=O) groups excluding carboxylic acids is 1. The lowest BCUT2D eigenvalue weighted by molar-refractivity contribution is -0.137. The summed E-state index contributed by atoms with van der Waals surface area (Å²) in [6.07, 6.45) is 4.92. The first-order valence-electron chi connectivity index (χ1n) is 6.87. The number of nitrogens with two attached hydrogens (primary N) is 1. The predicted octanol–water partition coefficient (Wildman–Crippen LogP) is 0.0295. The summed E-state index contributed by atoms with van der Waals surface area (Å²) < 4.78 is 24.3. The molecule has 1 saturated carbocycles. The third-order valence-electron chi connectivity index (χ3n) is 4.08. The van der Waals surface area contributed by atoms with Crippen LogP contribution in [0, 0.1) is 5.92 Å². The zero-order valence-corrected chi connectivity index (χ0v) is 13.5. The molecule has 6 nitrogen and oxygen atoms in total. The van der Waals surface area contributed by atoms with Crippen LogP contribution in [-0.2, 0) is 14.8 Å². The molecule has 0 radical (unpaired) electrons. The number of amides is 1. The standard InChI is InChI=1S/C12H23N3O3S.ClH/c1-19(17,18)15-7-5-14(6-8-15)12(16)10-3-2-4-11(13)9-10;/h10-11H,2-9,13H2,1H3;1H. The van der Waals surface area contributed by atoms with Crippen molar-refractivity contribution < 1.29 is 13.2 Å². The molecule has 0 aromatic carbocycles. The summed E-state index contributed by atoms with van der Waals surface area (Å²) in [4.78, 5) is 14.2. The number of hydrogen-bond acceptors (Lipinski definition) is 4. The summed E-state index contributed by atoms with van der Waals surface area (Å²) in [5, 5.41) is 0. The van der Waals surface area contributed by atoms with Crippen LogP contribution < -0.4 is 5.73 Å². The Kier molecular flexibility index (Phi) is 6.25. The number of piperazine rings is 1. The van der Waals surface area contributed by atoms with Gasteiger partial charge in [0, 0.05) is 38.1 Å². The van der Waals surface area contributed by atoms with E-state index in [9.17, 15) is 13.2 Å². The van der Waals surface area contributed by atoms with Gasteiger partial charge in [-0.3, -0.25) is 4.79 Å². The minimum absolute atomic E-state index is 0. The van der Waals surface area contributed by atoms with Gasteiger partial charge < -0.3 is 10.6 Å². The Morgan fingerprint density at radius 2 is 1.75 bits per heavy atom. The van der Waals surface area contributed by atoms with E-state index in [1.807, 2.05) is 0 Å². The predicted molar refractivity (Wildman–Crippen MR) is 80.2 cm³/mol.